The fourth-order valence-electron chi connectivity index (χ4n) is 2.22. The molecule has 4 N–H and O–H groups in total. The first-order valence-electron chi connectivity index (χ1n) is 7.70. The van der Waals surface area contributed by atoms with Gasteiger partial charge in [0.05, 0.1) is 0 Å². The van der Waals surface area contributed by atoms with E-state index in [9.17, 15) is 9.59 Å². The molecule has 2 amide bonds. The van der Waals surface area contributed by atoms with E-state index in [0.29, 0.717) is 17.5 Å². The van der Waals surface area contributed by atoms with Crippen LogP contribution in [0.1, 0.15) is 32.0 Å². The molecule has 2 aromatic carbocycles. The van der Waals surface area contributed by atoms with Crippen LogP contribution in [0.25, 0.3) is 0 Å². The molecule has 0 radical (unpaired) electrons. The van der Waals surface area contributed by atoms with E-state index < -0.39 is 5.91 Å². The third-order valence-electron chi connectivity index (χ3n) is 3.44. The molecule has 0 atom stereocenters. The molecule has 25 heavy (non-hydrogen) atoms. The Morgan fingerprint density at radius 3 is 1.96 bits per heavy atom. The van der Waals surface area contributed by atoms with E-state index in [-0.39, 0.29) is 5.91 Å². The fraction of sp³-hybridized carbons (Fsp3) is 0.0500. The molecular weight excluding hydrogens is 314 g/mol. The van der Waals surface area contributed by atoms with Gasteiger partial charge in [-0.05, 0) is 35.9 Å². The first-order chi connectivity index (χ1) is 12.1. The highest BCUT2D eigenvalue weighted by atomic mass is 16.1. The van der Waals surface area contributed by atoms with Crippen molar-refractivity contribution in [3.05, 3.63) is 101 Å². The Morgan fingerprint density at radius 1 is 0.760 bits per heavy atom. The first-order valence-corrected chi connectivity index (χ1v) is 7.70. The fourth-order valence-corrected chi connectivity index (χ4v) is 2.22. The van der Waals surface area contributed by atoms with Crippen LogP contribution in [0.15, 0.2) is 79.0 Å². The summed E-state index contributed by atoms with van der Waals surface area (Å²) in [6, 6.07) is 21.8. The lowest BCUT2D eigenvalue weighted by Crippen LogP contribution is -2.13. The Hall–Kier alpha value is -3.47. The molecule has 0 aliphatic carbocycles. The Kier molecular flexibility index (Phi) is 6.42. The molecule has 0 bridgehead atoms. The molecule has 0 saturated heterocycles. The van der Waals surface area contributed by atoms with Gasteiger partial charge in [-0.3, -0.25) is 14.6 Å². The predicted octanol–water partition coefficient (Wildman–Crippen LogP) is 2.56. The molecule has 0 saturated carbocycles. The van der Waals surface area contributed by atoms with Gasteiger partial charge in [-0.1, -0.05) is 42.5 Å². The molecule has 0 unspecified atom stereocenters. The van der Waals surface area contributed by atoms with Crippen molar-refractivity contribution in [2.24, 2.45) is 11.5 Å². The standard InChI is InChI=1S/C13H12N2O.C7H7NO/c14-13(16)12-7-2-1-5-10(12)9-11-6-3-4-8-15-11;8-7(9)6-4-2-1-3-5-6/h1-8H,9H2,(H2,14,16);1-5H,(H2,8,9). The second-order valence-electron chi connectivity index (χ2n) is 5.25. The highest BCUT2D eigenvalue weighted by Gasteiger charge is 2.07. The summed E-state index contributed by atoms with van der Waals surface area (Å²) in [7, 11) is 0. The number of aromatic nitrogens is 1. The molecular formula is C20H19N3O2. The number of pyridine rings is 1. The highest BCUT2D eigenvalue weighted by Crippen LogP contribution is 2.12. The monoisotopic (exact) mass is 333 g/mol. The van der Waals surface area contributed by atoms with E-state index in [1.807, 2.05) is 42.5 Å². The molecule has 3 rings (SSSR count). The SMILES string of the molecule is NC(=O)c1ccccc1.NC(=O)c1ccccc1Cc1ccccn1. The molecule has 0 aliphatic rings. The van der Waals surface area contributed by atoms with E-state index in [2.05, 4.69) is 4.98 Å². The number of carbonyl (C=O) groups excluding carboxylic acids is 2. The summed E-state index contributed by atoms with van der Waals surface area (Å²) >= 11 is 0. The van der Waals surface area contributed by atoms with Crippen LogP contribution in [-0.2, 0) is 6.42 Å². The maximum atomic E-state index is 11.2. The number of rotatable bonds is 4. The number of carbonyl (C=O) groups is 2. The molecule has 5 heteroatoms. The van der Waals surface area contributed by atoms with Crippen LogP contribution in [0, 0.1) is 0 Å². The first kappa shape index (κ1) is 17.9. The molecule has 1 heterocycles. The average molecular weight is 333 g/mol. The van der Waals surface area contributed by atoms with Gasteiger partial charge in [-0.15, -0.1) is 0 Å². The summed E-state index contributed by atoms with van der Waals surface area (Å²) in [6.45, 7) is 0. The predicted molar refractivity (Wildman–Crippen MR) is 97.0 cm³/mol. The van der Waals surface area contributed by atoms with E-state index in [1.165, 1.54) is 0 Å². The second-order valence-corrected chi connectivity index (χ2v) is 5.25. The Bertz CT molecular complexity index is 834. The van der Waals surface area contributed by atoms with Crippen LogP contribution in [-0.4, -0.2) is 16.8 Å². The van der Waals surface area contributed by atoms with Crippen molar-refractivity contribution >= 4 is 11.8 Å². The number of primary amides is 2. The third kappa shape index (κ3) is 5.58. The molecule has 0 aliphatic heterocycles. The van der Waals surface area contributed by atoms with Crippen molar-refractivity contribution in [1.29, 1.82) is 0 Å². The topological polar surface area (TPSA) is 99.1 Å². The van der Waals surface area contributed by atoms with Gasteiger partial charge < -0.3 is 11.5 Å². The van der Waals surface area contributed by atoms with Crippen molar-refractivity contribution in [2.45, 2.75) is 6.42 Å². The van der Waals surface area contributed by atoms with Crippen LogP contribution in [0.3, 0.4) is 0 Å². The Balaban J connectivity index is 0.000000212. The lowest BCUT2D eigenvalue weighted by molar-refractivity contribution is 0.0991. The zero-order valence-corrected chi connectivity index (χ0v) is 13.6. The number of nitrogens with zero attached hydrogens (tertiary/aromatic N) is 1. The van der Waals surface area contributed by atoms with Gasteiger partial charge in [0.2, 0.25) is 11.8 Å². The number of benzene rings is 2. The van der Waals surface area contributed by atoms with Crippen molar-refractivity contribution in [3.8, 4) is 0 Å². The Labute approximate surface area is 146 Å². The summed E-state index contributed by atoms with van der Waals surface area (Å²) in [5.41, 5.74) is 13.2. The van der Waals surface area contributed by atoms with Crippen LogP contribution in [0.4, 0.5) is 0 Å². The number of hydrogen-bond acceptors (Lipinski definition) is 3. The normalized spacial score (nSPS) is 9.60. The minimum atomic E-state index is -0.397. The second kappa shape index (κ2) is 8.98. The van der Waals surface area contributed by atoms with Crippen molar-refractivity contribution in [2.75, 3.05) is 0 Å². The maximum Gasteiger partial charge on any atom is 0.248 e. The van der Waals surface area contributed by atoms with Gasteiger partial charge in [0.1, 0.15) is 0 Å². The maximum absolute atomic E-state index is 11.2. The zero-order valence-electron chi connectivity index (χ0n) is 13.6. The van der Waals surface area contributed by atoms with Crippen LogP contribution < -0.4 is 11.5 Å². The third-order valence-corrected chi connectivity index (χ3v) is 3.44. The van der Waals surface area contributed by atoms with Gasteiger partial charge in [0.25, 0.3) is 0 Å². The molecule has 0 spiro atoms. The van der Waals surface area contributed by atoms with Crippen LogP contribution in [0.2, 0.25) is 0 Å². The molecule has 0 fully saturated rings. The van der Waals surface area contributed by atoms with Crippen molar-refractivity contribution < 1.29 is 9.59 Å². The van der Waals surface area contributed by atoms with E-state index in [0.717, 1.165) is 11.3 Å². The minimum absolute atomic E-state index is 0.379. The molecule has 3 aromatic rings. The van der Waals surface area contributed by atoms with Crippen LogP contribution in [0.5, 0.6) is 0 Å². The van der Waals surface area contributed by atoms with E-state index in [1.54, 1.807) is 36.5 Å². The number of nitrogens with two attached hydrogens (primary N) is 2. The molecule has 126 valence electrons. The van der Waals surface area contributed by atoms with Crippen molar-refractivity contribution in [3.63, 3.8) is 0 Å². The zero-order chi connectivity index (χ0) is 18.1. The molecule has 1 aromatic heterocycles. The summed E-state index contributed by atoms with van der Waals surface area (Å²) in [6.07, 6.45) is 2.36. The Morgan fingerprint density at radius 2 is 1.40 bits per heavy atom. The van der Waals surface area contributed by atoms with Crippen molar-refractivity contribution in [1.82, 2.24) is 4.98 Å². The van der Waals surface area contributed by atoms with Gasteiger partial charge >= 0.3 is 0 Å². The summed E-state index contributed by atoms with van der Waals surface area (Å²) in [5.74, 6) is -0.776. The molecule has 5 nitrogen and oxygen atoms in total. The average Bonchev–Trinajstić information content (AvgIpc) is 2.64. The largest absolute Gasteiger partial charge is 0.366 e. The number of amides is 2. The van der Waals surface area contributed by atoms with E-state index in [4.69, 9.17) is 11.5 Å². The summed E-state index contributed by atoms with van der Waals surface area (Å²) in [4.78, 5) is 25.9. The van der Waals surface area contributed by atoms with Gasteiger partial charge in [0.15, 0.2) is 0 Å². The van der Waals surface area contributed by atoms with Gasteiger partial charge in [-0.2, -0.15) is 0 Å². The van der Waals surface area contributed by atoms with E-state index >= 15 is 0 Å². The number of hydrogen-bond donors (Lipinski definition) is 2. The highest BCUT2D eigenvalue weighted by molar-refractivity contribution is 5.94. The lowest BCUT2D eigenvalue weighted by atomic mass is 10.0. The quantitative estimate of drug-likeness (QED) is 0.767. The minimum Gasteiger partial charge on any atom is -0.366 e. The van der Waals surface area contributed by atoms with Gasteiger partial charge in [0, 0.05) is 29.4 Å². The smallest absolute Gasteiger partial charge is 0.248 e. The van der Waals surface area contributed by atoms with Crippen LogP contribution >= 0.6 is 0 Å². The lowest BCUT2D eigenvalue weighted by Gasteiger charge is -2.05. The summed E-state index contributed by atoms with van der Waals surface area (Å²) < 4.78 is 0. The summed E-state index contributed by atoms with van der Waals surface area (Å²) in [5, 5.41) is 0. The van der Waals surface area contributed by atoms with Gasteiger partial charge in [-0.25, -0.2) is 0 Å².